The van der Waals surface area contributed by atoms with Crippen LogP contribution in [0, 0.1) is 0 Å². The lowest BCUT2D eigenvalue weighted by Gasteiger charge is -2.25. The van der Waals surface area contributed by atoms with Crippen LogP contribution in [0.2, 0.25) is 0 Å². The Morgan fingerprint density at radius 3 is 2.95 bits per heavy atom. The standard InChI is InChI=1S/C14H18BrN3O/c15-13-6-1-5-12(16-13)14(19)18-9-3-8-17-7-2-4-11(17)10-18/h1,5-6,11H,2-4,7-10H2. The summed E-state index contributed by atoms with van der Waals surface area (Å²) >= 11 is 3.32. The number of carbonyl (C=O) groups is 1. The smallest absolute Gasteiger partial charge is 0.272 e. The highest BCUT2D eigenvalue weighted by molar-refractivity contribution is 9.10. The van der Waals surface area contributed by atoms with Crippen molar-refractivity contribution in [2.75, 3.05) is 26.2 Å². The Kier molecular flexibility index (Phi) is 3.84. The van der Waals surface area contributed by atoms with Crippen LogP contribution in [0.1, 0.15) is 29.8 Å². The maximum atomic E-state index is 12.5. The maximum absolute atomic E-state index is 12.5. The van der Waals surface area contributed by atoms with E-state index in [1.54, 1.807) is 6.07 Å². The number of hydrogen-bond donors (Lipinski definition) is 0. The molecule has 1 unspecified atom stereocenters. The minimum Gasteiger partial charge on any atom is -0.336 e. The molecule has 0 saturated carbocycles. The fourth-order valence-corrected chi connectivity index (χ4v) is 3.42. The fourth-order valence-electron chi connectivity index (χ4n) is 3.08. The van der Waals surface area contributed by atoms with Crippen molar-refractivity contribution in [1.82, 2.24) is 14.8 Å². The zero-order valence-electron chi connectivity index (χ0n) is 10.9. The molecule has 2 aliphatic heterocycles. The topological polar surface area (TPSA) is 36.4 Å². The summed E-state index contributed by atoms with van der Waals surface area (Å²) in [7, 11) is 0. The van der Waals surface area contributed by atoms with Crippen molar-refractivity contribution in [3.8, 4) is 0 Å². The van der Waals surface area contributed by atoms with E-state index in [1.165, 1.54) is 19.4 Å². The van der Waals surface area contributed by atoms with E-state index in [9.17, 15) is 4.79 Å². The molecular weight excluding hydrogens is 306 g/mol. The number of aromatic nitrogens is 1. The van der Waals surface area contributed by atoms with Gasteiger partial charge in [-0.15, -0.1) is 0 Å². The van der Waals surface area contributed by atoms with Crippen LogP contribution in [0.5, 0.6) is 0 Å². The normalized spacial score (nSPS) is 24.1. The van der Waals surface area contributed by atoms with Crippen molar-refractivity contribution in [3.05, 3.63) is 28.5 Å². The summed E-state index contributed by atoms with van der Waals surface area (Å²) in [6.07, 6.45) is 3.55. The average molecular weight is 324 g/mol. The first-order valence-corrected chi connectivity index (χ1v) is 7.69. The van der Waals surface area contributed by atoms with Crippen molar-refractivity contribution in [1.29, 1.82) is 0 Å². The lowest BCUT2D eigenvalue weighted by atomic mass is 10.2. The van der Waals surface area contributed by atoms with Crippen LogP contribution in [-0.4, -0.2) is 52.9 Å². The molecule has 1 amide bonds. The van der Waals surface area contributed by atoms with E-state index in [1.807, 2.05) is 17.0 Å². The fraction of sp³-hybridized carbons (Fsp3) is 0.571. The SMILES string of the molecule is O=C(c1cccc(Br)n1)N1CCCN2CCCC2C1. The highest BCUT2D eigenvalue weighted by atomic mass is 79.9. The third-order valence-corrected chi connectivity index (χ3v) is 4.47. The Hall–Kier alpha value is -0.940. The molecule has 0 aliphatic carbocycles. The molecule has 0 bridgehead atoms. The van der Waals surface area contributed by atoms with Gasteiger partial charge in [-0.1, -0.05) is 6.07 Å². The van der Waals surface area contributed by atoms with Gasteiger partial charge in [0.2, 0.25) is 0 Å². The number of nitrogens with zero attached hydrogens (tertiary/aromatic N) is 3. The molecule has 0 radical (unpaired) electrons. The Bertz CT molecular complexity index is 480. The van der Waals surface area contributed by atoms with E-state index in [0.29, 0.717) is 11.7 Å². The Balaban J connectivity index is 1.75. The molecule has 2 fully saturated rings. The number of halogens is 1. The highest BCUT2D eigenvalue weighted by Crippen LogP contribution is 2.22. The monoisotopic (exact) mass is 323 g/mol. The summed E-state index contributed by atoms with van der Waals surface area (Å²) in [5.74, 6) is 0.0649. The first-order valence-electron chi connectivity index (χ1n) is 6.90. The first-order chi connectivity index (χ1) is 9.24. The van der Waals surface area contributed by atoms with E-state index in [-0.39, 0.29) is 5.91 Å². The van der Waals surface area contributed by atoms with Crippen LogP contribution in [0.3, 0.4) is 0 Å². The summed E-state index contributed by atoms with van der Waals surface area (Å²) in [5, 5.41) is 0. The predicted molar refractivity (Wildman–Crippen MR) is 77.1 cm³/mol. The van der Waals surface area contributed by atoms with Gasteiger partial charge in [-0.3, -0.25) is 9.69 Å². The molecule has 4 nitrogen and oxygen atoms in total. The van der Waals surface area contributed by atoms with Gasteiger partial charge in [0.1, 0.15) is 10.3 Å². The van der Waals surface area contributed by atoms with Gasteiger partial charge in [-0.2, -0.15) is 0 Å². The number of amides is 1. The Labute approximate surface area is 121 Å². The molecule has 0 N–H and O–H groups in total. The minimum absolute atomic E-state index is 0.0649. The largest absolute Gasteiger partial charge is 0.336 e. The van der Waals surface area contributed by atoms with Crippen molar-refractivity contribution >= 4 is 21.8 Å². The van der Waals surface area contributed by atoms with Gasteiger partial charge in [0.05, 0.1) is 0 Å². The second-order valence-corrected chi connectivity index (χ2v) is 6.09. The molecular formula is C14H18BrN3O. The molecule has 2 saturated heterocycles. The molecule has 1 aromatic rings. The molecule has 1 aromatic heterocycles. The molecule has 5 heteroatoms. The molecule has 0 spiro atoms. The number of rotatable bonds is 1. The summed E-state index contributed by atoms with van der Waals surface area (Å²) < 4.78 is 0.718. The molecule has 0 aromatic carbocycles. The Morgan fingerprint density at radius 1 is 1.26 bits per heavy atom. The van der Waals surface area contributed by atoms with E-state index in [0.717, 1.165) is 30.7 Å². The third-order valence-electron chi connectivity index (χ3n) is 4.03. The number of hydrogen-bond acceptors (Lipinski definition) is 3. The van der Waals surface area contributed by atoms with E-state index < -0.39 is 0 Å². The lowest BCUT2D eigenvalue weighted by molar-refractivity contribution is 0.0737. The summed E-state index contributed by atoms with van der Waals surface area (Å²) in [5.41, 5.74) is 0.542. The number of fused-ring (bicyclic) bond motifs is 1. The summed E-state index contributed by atoms with van der Waals surface area (Å²) in [6.45, 7) is 4.02. The quantitative estimate of drug-likeness (QED) is 0.743. The van der Waals surface area contributed by atoms with Crippen molar-refractivity contribution in [2.24, 2.45) is 0 Å². The second-order valence-electron chi connectivity index (χ2n) is 5.28. The lowest BCUT2D eigenvalue weighted by Crippen LogP contribution is -2.39. The van der Waals surface area contributed by atoms with Gasteiger partial charge in [0.15, 0.2) is 0 Å². The van der Waals surface area contributed by atoms with Crippen LogP contribution in [-0.2, 0) is 0 Å². The molecule has 19 heavy (non-hydrogen) atoms. The van der Waals surface area contributed by atoms with Crippen LogP contribution < -0.4 is 0 Å². The molecule has 102 valence electrons. The average Bonchev–Trinajstić information content (AvgIpc) is 2.75. The van der Waals surface area contributed by atoms with Crippen LogP contribution in [0.15, 0.2) is 22.8 Å². The maximum Gasteiger partial charge on any atom is 0.272 e. The summed E-state index contributed by atoms with van der Waals surface area (Å²) in [6, 6.07) is 6.06. The minimum atomic E-state index is 0.0649. The summed E-state index contributed by atoms with van der Waals surface area (Å²) in [4.78, 5) is 21.3. The van der Waals surface area contributed by atoms with Gasteiger partial charge in [0, 0.05) is 25.7 Å². The van der Waals surface area contributed by atoms with E-state index >= 15 is 0 Å². The van der Waals surface area contributed by atoms with Crippen molar-refractivity contribution in [2.45, 2.75) is 25.3 Å². The third kappa shape index (κ3) is 2.82. The van der Waals surface area contributed by atoms with Crippen LogP contribution in [0.4, 0.5) is 0 Å². The molecule has 2 aliphatic rings. The second kappa shape index (κ2) is 5.59. The number of carbonyl (C=O) groups excluding carboxylic acids is 1. The zero-order valence-corrected chi connectivity index (χ0v) is 12.5. The van der Waals surface area contributed by atoms with Gasteiger partial charge in [-0.25, -0.2) is 4.98 Å². The molecule has 3 heterocycles. The van der Waals surface area contributed by atoms with Gasteiger partial charge in [0.25, 0.3) is 5.91 Å². The van der Waals surface area contributed by atoms with E-state index in [2.05, 4.69) is 25.8 Å². The van der Waals surface area contributed by atoms with Gasteiger partial charge >= 0.3 is 0 Å². The Morgan fingerprint density at radius 2 is 2.11 bits per heavy atom. The zero-order chi connectivity index (χ0) is 13.2. The highest BCUT2D eigenvalue weighted by Gasteiger charge is 2.31. The van der Waals surface area contributed by atoms with Crippen molar-refractivity contribution < 1.29 is 4.79 Å². The van der Waals surface area contributed by atoms with Crippen LogP contribution in [0.25, 0.3) is 0 Å². The molecule has 1 atom stereocenters. The van der Waals surface area contributed by atoms with Crippen LogP contribution >= 0.6 is 15.9 Å². The van der Waals surface area contributed by atoms with Gasteiger partial charge in [-0.05, 0) is 53.9 Å². The predicted octanol–water partition coefficient (Wildman–Crippen LogP) is 2.15. The van der Waals surface area contributed by atoms with Gasteiger partial charge < -0.3 is 4.90 Å². The first kappa shape index (κ1) is 13.1. The van der Waals surface area contributed by atoms with E-state index in [4.69, 9.17) is 0 Å². The van der Waals surface area contributed by atoms with Crippen molar-refractivity contribution in [3.63, 3.8) is 0 Å². The number of pyridine rings is 1. The molecule has 3 rings (SSSR count).